The van der Waals surface area contributed by atoms with Crippen molar-refractivity contribution in [2.45, 2.75) is 55.3 Å². The van der Waals surface area contributed by atoms with Gasteiger partial charge in [0.1, 0.15) is 18.0 Å². The Hall–Kier alpha value is -3.29. The molecule has 2 heterocycles. The lowest BCUT2D eigenvalue weighted by Gasteiger charge is -2.74. The summed E-state index contributed by atoms with van der Waals surface area (Å²) in [5.74, 6) is -6.29. The van der Waals surface area contributed by atoms with Gasteiger partial charge >= 0.3 is 6.18 Å². The van der Waals surface area contributed by atoms with E-state index in [1.807, 2.05) is 0 Å². The maximum atomic E-state index is 16.2. The number of pyridine rings is 1. The van der Waals surface area contributed by atoms with Gasteiger partial charge in [-0.1, -0.05) is 0 Å². The Kier molecular flexibility index (Phi) is 5.73. The third kappa shape index (κ3) is 4.10. The highest BCUT2D eigenvalue weighted by Crippen LogP contribution is 2.80. The molecule has 198 valence electrons. The Morgan fingerprint density at radius 2 is 1.76 bits per heavy atom. The molecule has 1 atom stereocenters. The Morgan fingerprint density at radius 1 is 1.03 bits per heavy atom. The topological polar surface area (TPSA) is 86.0 Å². The smallest absolute Gasteiger partial charge is 0.392 e. The van der Waals surface area contributed by atoms with Gasteiger partial charge in [-0.3, -0.25) is 0 Å². The van der Waals surface area contributed by atoms with Crippen LogP contribution in [0.2, 0.25) is 0 Å². The molecular formula is C23H20F7N5O2. The third-order valence-corrected chi connectivity index (χ3v) is 7.36. The Balaban J connectivity index is 1.39. The Labute approximate surface area is 205 Å². The standard InChI is InChI=1S/C23H20F7N5O2/c24-15-1-2-16(17(25)8-15)21(36,12-35-13-32-33-34-35)23(29,30)20-9-19(10-20,11-20)14-3-5-31-18(7-14)37-6-4-22(26,27)28/h1-3,5,7-8,13,36H,4,6,9-12H2/t19?,20?,21-/m0/s1. The second-order valence-corrected chi connectivity index (χ2v) is 9.75. The van der Waals surface area contributed by atoms with Gasteiger partial charge in [-0.2, -0.15) is 13.2 Å². The number of halogens is 7. The molecule has 2 aromatic heterocycles. The summed E-state index contributed by atoms with van der Waals surface area (Å²) in [7, 11) is 0. The van der Waals surface area contributed by atoms with Crippen LogP contribution in [-0.2, 0) is 17.6 Å². The first-order chi connectivity index (χ1) is 17.3. The lowest BCUT2D eigenvalue weighted by Crippen LogP contribution is -2.76. The Morgan fingerprint density at radius 3 is 2.38 bits per heavy atom. The number of alkyl halides is 5. The fraction of sp³-hybridized carbons (Fsp3) is 0.478. The van der Waals surface area contributed by atoms with Crippen LogP contribution in [0.4, 0.5) is 30.7 Å². The van der Waals surface area contributed by atoms with E-state index in [1.54, 1.807) is 6.07 Å². The molecule has 0 aliphatic heterocycles. The predicted molar refractivity (Wildman–Crippen MR) is 111 cm³/mol. The number of tetrazole rings is 1. The minimum Gasteiger partial charge on any atom is -0.477 e. The molecule has 0 unspecified atom stereocenters. The summed E-state index contributed by atoms with van der Waals surface area (Å²) in [6.07, 6.45) is -3.50. The molecule has 3 aliphatic rings. The van der Waals surface area contributed by atoms with Crippen molar-refractivity contribution in [1.82, 2.24) is 25.2 Å². The summed E-state index contributed by atoms with van der Waals surface area (Å²) in [5.41, 5.74) is -5.77. The predicted octanol–water partition coefficient (Wildman–Crippen LogP) is 4.32. The van der Waals surface area contributed by atoms with E-state index >= 15 is 8.78 Å². The zero-order chi connectivity index (χ0) is 26.7. The number of rotatable bonds is 9. The van der Waals surface area contributed by atoms with Gasteiger partial charge in [-0.15, -0.1) is 5.10 Å². The van der Waals surface area contributed by atoms with E-state index in [4.69, 9.17) is 4.74 Å². The van der Waals surface area contributed by atoms with Crippen molar-refractivity contribution in [2.75, 3.05) is 6.61 Å². The van der Waals surface area contributed by atoms with Crippen molar-refractivity contribution >= 4 is 0 Å². The summed E-state index contributed by atoms with van der Waals surface area (Å²) in [5, 5.41) is 21.6. The second-order valence-electron chi connectivity index (χ2n) is 9.75. The van der Waals surface area contributed by atoms with Gasteiger partial charge in [-0.05, 0) is 58.9 Å². The van der Waals surface area contributed by atoms with Gasteiger partial charge in [0.05, 0.1) is 19.6 Å². The molecule has 7 nitrogen and oxygen atoms in total. The van der Waals surface area contributed by atoms with Crippen LogP contribution in [-0.4, -0.2) is 49.0 Å². The Bertz CT molecular complexity index is 1280. The number of hydrogen-bond acceptors (Lipinski definition) is 6. The van der Waals surface area contributed by atoms with E-state index < -0.39 is 65.3 Å². The molecule has 0 saturated heterocycles. The zero-order valence-corrected chi connectivity index (χ0v) is 19.0. The molecule has 1 N–H and O–H groups in total. The molecule has 3 saturated carbocycles. The van der Waals surface area contributed by atoms with Crippen LogP contribution < -0.4 is 4.74 Å². The summed E-state index contributed by atoms with van der Waals surface area (Å²) in [6, 6.07) is 4.96. The average Bonchev–Trinajstić information content (AvgIpc) is 3.23. The molecule has 1 aromatic carbocycles. The number of ether oxygens (including phenoxy) is 1. The molecule has 0 amide bonds. The molecule has 0 spiro atoms. The van der Waals surface area contributed by atoms with E-state index in [9.17, 15) is 27.1 Å². The van der Waals surface area contributed by atoms with Crippen LogP contribution in [0.25, 0.3) is 0 Å². The maximum Gasteiger partial charge on any atom is 0.392 e. The minimum absolute atomic E-state index is 0.0594. The van der Waals surface area contributed by atoms with Gasteiger partial charge in [0.2, 0.25) is 5.88 Å². The van der Waals surface area contributed by atoms with Crippen LogP contribution in [0.3, 0.4) is 0 Å². The molecule has 3 fully saturated rings. The molecular weight excluding hydrogens is 511 g/mol. The highest BCUT2D eigenvalue weighted by Gasteiger charge is 2.82. The third-order valence-electron chi connectivity index (χ3n) is 7.36. The van der Waals surface area contributed by atoms with Crippen LogP contribution in [0.15, 0.2) is 42.9 Å². The van der Waals surface area contributed by atoms with E-state index in [2.05, 4.69) is 20.5 Å². The van der Waals surface area contributed by atoms with Crippen LogP contribution in [0.1, 0.15) is 36.8 Å². The average molecular weight is 531 g/mol. The van der Waals surface area contributed by atoms with E-state index in [0.717, 1.165) is 23.1 Å². The number of aromatic nitrogens is 5. The molecule has 37 heavy (non-hydrogen) atoms. The number of aliphatic hydroxyl groups is 1. The monoisotopic (exact) mass is 531 g/mol. The molecule has 14 heteroatoms. The van der Waals surface area contributed by atoms with E-state index in [-0.39, 0.29) is 25.1 Å². The van der Waals surface area contributed by atoms with Crippen molar-refractivity contribution in [3.63, 3.8) is 0 Å². The van der Waals surface area contributed by atoms with Gasteiger partial charge in [0, 0.05) is 29.3 Å². The summed E-state index contributed by atoms with van der Waals surface area (Å²) < 4.78 is 104. The van der Waals surface area contributed by atoms with Crippen LogP contribution >= 0.6 is 0 Å². The maximum absolute atomic E-state index is 16.2. The normalized spacial score (nSPS) is 24.6. The highest BCUT2D eigenvalue weighted by atomic mass is 19.4. The molecule has 3 aromatic rings. The van der Waals surface area contributed by atoms with Crippen molar-refractivity contribution in [3.8, 4) is 5.88 Å². The SMILES string of the molecule is O[C@@](Cn1cnnn1)(c1ccc(F)cc1F)C(F)(F)C12CC(c3ccnc(OCCC(F)(F)F)c3)(C1)C2. The first-order valence-corrected chi connectivity index (χ1v) is 11.2. The van der Waals surface area contributed by atoms with Gasteiger partial charge in [-0.25, -0.2) is 27.2 Å². The first kappa shape index (κ1) is 25.4. The number of hydrogen-bond donors (Lipinski definition) is 1. The van der Waals surface area contributed by atoms with Crippen molar-refractivity contribution < 1.29 is 40.6 Å². The van der Waals surface area contributed by atoms with E-state index in [1.165, 1.54) is 12.3 Å². The molecule has 0 radical (unpaired) electrons. The summed E-state index contributed by atoms with van der Waals surface area (Å²) in [6.45, 7) is -1.53. The minimum atomic E-state index is -4.40. The molecule has 6 rings (SSSR count). The van der Waals surface area contributed by atoms with Gasteiger partial charge in [0.25, 0.3) is 5.92 Å². The van der Waals surface area contributed by atoms with Crippen molar-refractivity contribution in [3.05, 3.63) is 65.6 Å². The van der Waals surface area contributed by atoms with Gasteiger partial charge in [0.15, 0.2) is 5.60 Å². The molecule has 3 aliphatic carbocycles. The van der Waals surface area contributed by atoms with Crippen molar-refractivity contribution in [1.29, 1.82) is 0 Å². The largest absolute Gasteiger partial charge is 0.477 e. The highest BCUT2D eigenvalue weighted by molar-refractivity contribution is 5.43. The van der Waals surface area contributed by atoms with Crippen LogP contribution in [0.5, 0.6) is 5.88 Å². The zero-order valence-electron chi connectivity index (χ0n) is 19.0. The fourth-order valence-electron chi connectivity index (χ4n) is 5.62. The van der Waals surface area contributed by atoms with Gasteiger partial charge < -0.3 is 9.84 Å². The first-order valence-electron chi connectivity index (χ1n) is 11.2. The number of nitrogens with zero attached hydrogens (tertiary/aromatic N) is 5. The fourth-order valence-corrected chi connectivity index (χ4v) is 5.62. The lowest BCUT2D eigenvalue weighted by molar-refractivity contribution is -0.347. The van der Waals surface area contributed by atoms with Crippen molar-refractivity contribution in [2.24, 2.45) is 5.41 Å². The second kappa shape index (κ2) is 8.36. The summed E-state index contributed by atoms with van der Waals surface area (Å²) in [4.78, 5) is 3.88. The summed E-state index contributed by atoms with van der Waals surface area (Å²) >= 11 is 0. The van der Waals surface area contributed by atoms with Crippen LogP contribution in [0, 0.1) is 17.0 Å². The lowest BCUT2D eigenvalue weighted by atomic mass is 9.30. The quantitative estimate of drug-likeness (QED) is 0.414. The van der Waals surface area contributed by atoms with E-state index in [0.29, 0.717) is 11.6 Å². The number of benzene rings is 1. The molecule has 2 bridgehead atoms.